The molecule has 0 radical (unpaired) electrons. The average molecular weight is 957 g/mol. The van der Waals surface area contributed by atoms with Crippen molar-refractivity contribution in [2.24, 2.45) is 0 Å². The van der Waals surface area contributed by atoms with E-state index in [9.17, 15) is 0 Å². The quantitative estimate of drug-likeness (QED) is 0.108. The molecule has 0 saturated carbocycles. The Kier molecular flexibility index (Phi) is 11.3. The van der Waals surface area contributed by atoms with Gasteiger partial charge in [0.25, 0.3) is 0 Å². The van der Waals surface area contributed by atoms with Gasteiger partial charge in [-0.25, -0.2) is 0 Å². The molecule has 0 aliphatic carbocycles. The maximum Gasteiger partial charge on any atom is 0.119 e. The molecule has 0 aromatic heterocycles. The SMILES string of the molecule is CCC(C)Oc1ccc(N(c2ccc(OC(C)CC)cc2)c2ccc3c4c(-c5ccccc5)c5c6cccc7c(N(c8ccccc8)c8ccccc8)ccc(c5c(-c5ccccc5)c4c4cccc2c43)c76)cc1. The van der Waals surface area contributed by atoms with E-state index in [0.29, 0.717) is 0 Å². The highest BCUT2D eigenvalue weighted by Crippen LogP contribution is 2.57. The number of para-hydroxylation sites is 2. The van der Waals surface area contributed by atoms with E-state index in [1.807, 2.05) is 0 Å². The van der Waals surface area contributed by atoms with Gasteiger partial charge in [0.05, 0.1) is 23.6 Å². The summed E-state index contributed by atoms with van der Waals surface area (Å²) in [4.78, 5) is 4.80. The van der Waals surface area contributed by atoms with E-state index in [1.165, 1.54) is 86.9 Å². The van der Waals surface area contributed by atoms with E-state index in [4.69, 9.17) is 9.47 Å². The minimum atomic E-state index is 0.125. The number of rotatable bonds is 14. The molecule has 0 aliphatic rings. The van der Waals surface area contributed by atoms with Crippen molar-refractivity contribution in [2.45, 2.75) is 52.7 Å². The van der Waals surface area contributed by atoms with Gasteiger partial charge in [-0.3, -0.25) is 0 Å². The highest BCUT2D eigenvalue weighted by atomic mass is 16.5. The van der Waals surface area contributed by atoms with E-state index >= 15 is 0 Å². The van der Waals surface area contributed by atoms with Crippen molar-refractivity contribution in [1.29, 1.82) is 0 Å². The first-order valence-corrected chi connectivity index (χ1v) is 26.2. The molecule has 13 aromatic carbocycles. The van der Waals surface area contributed by atoms with Crippen molar-refractivity contribution in [3.8, 4) is 33.8 Å². The monoisotopic (exact) mass is 956 g/mol. The number of fused-ring (bicyclic) bond motifs is 6. The van der Waals surface area contributed by atoms with Gasteiger partial charge in [-0.2, -0.15) is 0 Å². The minimum absolute atomic E-state index is 0.125. The second-order valence-corrected chi connectivity index (χ2v) is 19.7. The Bertz CT molecular complexity index is 3910. The van der Waals surface area contributed by atoms with Crippen LogP contribution in [0.4, 0.5) is 34.1 Å². The van der Waals surface area contributed by atoms with Crippen LogP contribution in [-0.4, -0.2) is 12.2 Å². The molecule has 74 heavy (non-hydrogen) atoms. The number of ether oxygens (including phenoxy) is 2. The summed E-state index contributed by atoms with van der Waals surface area (Å²) >= 11 is 0. The summed E-state index contributed by atoms with van der Waals surface area (Å²) in [6, 6.07) is 84.3. The Morgan fingerprint density at radius 3 is 0.959 bits per heavy atom. The van der Waals surface area contributed by atoms with Crippen LogP contribution in [0, 0.1) is 0 Å². The summed E-state index contributed by atoms with van der Waals surface area (Å²) in [7, 11) is 0. The number of nitrogens with zero attached hydrogens (tertiary/aromatic N) is 2. The molecular formula is C70H56N2O2. The van der Waals surface area contributed by atoms with Crippen molar-refractivity contribution in [3.63, 3.8) is 0 Å². The fourth-order valence-electron chi connectivity index (χ4n) is 11.6. The predicted octanol–water partition coefficient (Wildman–Crippen LogP) is 20.1. The Labute approximate surface area is 432 Å². The van der Waals surface area contributed by atoms with Crippen LogP contribution >= 0.6 is 0 Å². The number of hydrogen-bond acceptors (Lipinski definition) is 4. The minimum Gasteiger partial charge on any atom is -0.491 e. The molecule has 4 heteroatoms. The number of benzene rings is 11. The lowest BCUT2D eigenvalue weighted by molar-refractivity contribution is 0.217. The van der Waals surface area contributed by atoms with Gasteiger partial charge >= 0.3 is 0 Å². The van der Waals surface area contributed by atoms with Gasteiger partial charge in [-0.15, -0.1) is 0 Å². The zero-order valence-electron chi connectivity index (χ0n) is 42.2. The topological polar surface area (TPSA) is 24.9 Å². The molecule has 13 aromatic rings. The third-order valence-corrected chi connectivity index (χ3v) is 15.3. The highest BCUT2D eigenvalue weighted by molar-refractivity contribution is 6.47. The van der Waals surface area contributed by atoms with Gasteiger partial charge in [0.2, 0.25) is 0 Å². The van der Waals surface area contributed by atoms with Crippen LogP contribution in [0.1, 0.15) is 40.5 Å². The van der Waals surface area contributed by atoms with Crippen LogP contribution in [0.2, 0.25) is 0 Å². The van der Waals surface area contributed by atoms with Crippen LogP contribution in [-0.2, 0) is 0 Å². The van der Waals surface area contributed by atoms with E-state index in [2.05, 4.69) is 268 Å². The van der Waals surface area contributed by atoms with Crippen molar-refractivity contribution < 1.29 is 9.47 Å². The van der Waals surface area contributed by atoms with Gasteiger partial charge in [-0.1, -0.05) is 159 Å². The summed E-state index contributed by atoms with van der Waals surface area (Å²) in [5.74, 6) is 1.73. The van der Waals surface area contributed by atoms with Gasteiger partial charge in [0.15, 0.2) is 0 Å². The molecule has 0 heterocycles. The zero-order chi connectivity index (χ0) is 49.9. The van der Waals surface area contributed by atoms with E-state index in [1.54, 1.807) is 0 Å². The first-order valence-electron chi connectivity index (χ1n) is 26.2. The average Bonchev–Trinajstić information content (AvgIpc) is 3.99. The first kappa shape index (κ1) is 45.0. The van der Waals surface area contributed by atoms with Gasteiger partial charge < -0.3 is 19.3 Å². The second-order valence-electron chi connectivity index (χ2n) is 19.7. The number of hydrogen-bond donors (Lipinski definition) is 0. The van der Waals surface area contributed by atoms with Gasteiger partial charge in [-0.05, 0) is 188 Å². The largest absolute Gasteiger partial charge is 0.491 e. The third-order valence-electron chi connectivity index (χ3n) is 15.3. The van der Waals surface area contributed by atoms with Crippen LogP contribution in [0.15, 0.2) is 231 Å². The number of anilines is 6. The van der Waals surface area contributed by atoms with E-state index in [-0.39, 0.29) is 12.2 Å². The predicted molar refractivity (Wildman–Crippen MR) is 315 cm³/mol. The molecule has 4 nitrogen and oxygen atoms in total. The second kappa shape index (κ2) is 18.6. The van der Waals surface area contributed by atoms with E-state index in [0.717, 1.165) is 58.5 Å². The molecule has 0 saturated heterocycles. The summed E-state index contributed by atoms with van der Waals surface area (Å²) in [6.07, 6.45) is 2.13. The molecule has 0 bridgehead atoms. The maximum atomic E-state index is 6.30. The Balaban J connectivity index is 1.13. The summed E-state index contributed by atoms with van der Waals surface area (Å²) < 4.78 is 12.6. The lowest BCUT2D eigenvalue weighted by Crippen LogP contribution is -2.12. The summed E-state index contributed by atoms with van der Waals surface area (Å²) in [5.41, 5.74) is 11.5. The molecule has 2 unspecified atom stereocenters. The normalized spacial score (nSPS) is 12.6. The Hall–Kier alpha value is -8.86. The van der Waals surface area contributed by atoms with Crippen molar-refractivity contribution in [1.82, 2.24) is 0 Å². The fourth-order valence-corrected chi connectivity index (χ4v) is 11.6. The van der Waals surface area contributed by atoms with Crippen molar-refractivity contribution >= 4 is 98.8 Å². The molecular weight excluding hydrogens is 901 g/mol. The molecule has 0 aliphatic heterocycles. The van der Waals surface area contributed by atoms with Gasteiger partial charge in [0, 0.05) is 33.5 Å². The van der Waals surface area contributed by atoms with Crippen LogP contribution in [0.25, 0.3) is 86.9 Å². The van der Waals surface area contributed by atoms with E-state index < -0.39 is 0 Å². The fraction of sp³-hybridized carbons (Fsp3) is 0.114. The molecule has 13 rings (SSSR count). The molecule has 0 spiro atoms. The standard InChI is InChI=1S/C70H56N2O2/c1-5-45(3)73-53-37-33-51(34-38-53)72(52-35-39-54(40-36-52)74-46(4)6-2)62-44-42-60-66-56(62)30-20-32-58(66)68-64(48-23-13-8-14-24-48)69-59-41-43-61(71(49-25-15-9-16-26-49)50-27-17-10-18-28-50)55-29-19-31-57(65(55)59)67(69)63(70(60)68)47-21-11-7-12-22-47/h7-46H,5-6H2,1-4H3. The summed E-state index contributed by atoms with van der Waals surface area (Å²) in [5, 5.41) is 15.0. The first-order chi connectivity index (χ1) is 36.5. The third kappa shape index (κ3) is 7.43. The van der Waals surface area contributed by atoms with Crippen molar-refractivity contribution in [3.05, 3.63) is 231 Å². The van der Waals surface area contributed by atoms with Crippen LogP contribution in [0.5, 0.6) is 11.5 Å². The molecule has 0 amide bonds. The lowest BCUT2D eigenvalue weighted by Gasteiger charge is -2.27. The van der Waals surface area contributed by atoms with Crippen LogP contribution < -0.4 is 19.3 Å². The van der Waals surface area contributed by atoms with Gasteiger partial charge in [0.1, 0.15) is 11.5 Å². The smallest absolute Gasteiger partial charge is 0.119 e. The van der Waals surface area contributed by atoms with Crippen LogP contribution in [0.3, 0.4) is 0 Å². The molecule has 0 fully saturated rings. The molecule has 0 N–H and O–H groups in total. The molecule has 358 valence electrons. The highest BCUT2D eigenvalue weighted by Gasteiger charge is 2.30. The lowest BCUT2D eigenvalue weighted by atomic mass is 9.87. The molecule has 2 atom stereocenters. The van der Waals surface area contributed by atoms with Crippen molar-refractivity contribution in [2.75, 3.05) is 9.80 Å². The Morgan fingerprint density at radius 1 is 0.297 bits per heavy atom. The Morgan fingerprint density at radius 2 is 0.608 bits per heavy atom. The zero-order valence-corrected chi connectivity index (χ0v) is 42.2. The summed E-state index contributed by atoms with van der Waals surface area (Å²) in [6.45, 7) is 8.56. The maximum absolute atomic E-state index is 6.30.